The lowest BCUT2D eigenvalue weighted by Crippen LogP contribution is -2.39. The second-order valence-corrected chi connectivity index (χ2v) is 7.18. The van der Waals surface area contributed by atoms with E-state index in [0.717, 1.165) is 18.9 Å². The van der Waals surface area contributed by atoms with Crippen LogP contribution in [0.3, 0.4) is 0 Å². The first-order valence-electron chi connectivity index (χ1n) is 7.46. The Balaban J connectivity index is 1.65. The van der Waals surface area contributed by atoms with E-state index >= 15 is 0 Å². The van der Waals surface area contributed by atoms with Crippen LogP contribution < -0.4 is 5.73 Å². The molecule has 2 aliphatic carbocycles. The highest BCUT2D eigenvalue weighted by Gasteiger charge is 2.36. The molecule has 1 heterocycles. The van der Waals surface area contributed by atoms with Crippen LogP contribution in [-0.4, -0.2) is 11.5 Å². The van der Waals surface area contributed by atoms with Gasteiger partial charge in [0.05, 0.1) is 10.7 Å². The molecule has 100 valence electrons. The number of aromatic nitrogens is 1. The molecule has 0 radical (unpaired) electrons. The number of nitrogens with zero attached hydrogens (tertiary/aromatic N) is 1. The first-order valence-corrected chi connectivity index (χ1v) is 8.34. The van der Waals surface area contributed by atoms with Crippen LogP contribution in [0.25, 0.3) is 0 Å². The summed E-state index contributed by atoms with van der Waals surface area (Å²) in [6.07, 6.45) is 12.0. The fourth-order valence-corrected chi connectivity index (χ4v) is 4.49. The van der Waals surface area contributed by atoms with Crippen LogP contribution in [0.5, 0.6) is 0 Å². The van der Waals surface area contributed by atoms with Crippen molar-refractivity contribution in [3.63, 3.8) is 0 Å². The van der Waals surface area contributed by atoms with Gasteiger partial charge in [0.25, 0.3) is 0 Å². The van der Waals surface area contributed by atoms with Crippen molar-refractivity contribution in [2.45, 2.75) is 63.7 Å². The van der Waals surface area contributed by atoms with Crippen LogP contribution in [0.2, 0.25) is 0 Å². The second kappa shape index (κ2) is 5.30. The van der Waals surface area contributed by atoms with Crippen molar-refractivity contribution in [3.05, 3.63) is 16.1 Å². The summed E-state index contributed by atoms with van der Waals surface area (Å²) in [5, 5.41) is 3.65. The zero-order chi connectivity index (χ0) is 12.4. The molecule has 0 spiro atoms. The molecule has 0 amide bonds. The van der Waals surface area contributed by atoms with Gasteiger partial charge in [0.2, 0.25) is 0 Å². The maximum absolute atomic E-state index is 5.94. The number of nitrogens with two attached hydrogens (primary N) is 1. The molecule has 2 saturated carbocycles. The van der Waals surface area contributed by atoms with Crippen molar-refractivity contribution in [3.8, 4) is 0 Å². The Morgan fingerprint density at radius 1 is 1.22 bits per heavy atom. The van der Waals surface area contributed by atoms with Gasteiger partial charge in [-0.1, -0.05) is 25.7 Å². The lowest BCUT2D eigenvalue weighted by Gasteiger charge is -2.40. The molecule has 2 N–H and O–H groups in total. The Morgan fingerprint density at radius 2 is 2.00 bits per heavy atom. The highest BCUT2D eigenvalue weighted by Crippen LogP contribution is 2.43. The molecular weight excluding hydrogens is 240 g/mol. The minimum absolute atomic E-state index is 0.404. The topological polar surface area (TPSA) is 38.9 Å². The molecule has 0 bridgehead atoms. The van der Waals surface area contributed by atoms with Gasteiger partial charge in [0.15, 0.2) is 0 Å². The van der Waals surface area contributed by atoms with E-state index in [1.165, 1.54) is 62.1 Å². The third-order valence-corrected chi connectivity index (χ3v) is 5.83. The molecule has 3 rings (SSSR count). The van der Waals surface area contributed by atoms with Crippen LogP contribution in [0.15, 0.2) is 5.38 Å². The predicted octanol–water partition coefficient (Wildman–Crippen LogP) is 3.86. The molecule has 0 saturated heterocycles. The van der Waals surface area contributed by atoms with Crippen LogP contribution in [0.4, 0.5) is 0 Å². The van der Waals surface area contributed by atoms with Crippen molar-refractivity contribution in [2.75, 3.05) is 6.54 Å². The van der Waals surface area contributed by atoms with Crippen LogP contribution >= 0.6 is 11.3 Å². The molecule has 0 atom stereocenters. The van der Waals surface area contributed by atoms with E-state index in [9.17, 15) is 0 Å². The fraction of sp³-hybridized carbons (Fsp3) is 0.800. The molecule has 2 fully saturated rings. The Bertz CT molecular complexity index is 383. The van der Waals surface area contributed by atoms with Crippen LogP contribution in [-0.2, 0) is 6.42 Å². The van der Waals surface area contributed by atoms with Crippen molar-refractivity contribution in [1.82, 2.24) is 4.98 Å². The Morgan fingerprint density at radius 3 is 2.61 bits per heavy atom. The summed E-state index contributed by atoms with van der Waals surface area (Å²) in [4.78, 5) is 4.91. The van der Waals surface area contributed by atoms with Gasteiger partial charge >= 0.3 is 0 Å². The smallest absolute Gasteiger partial charge is 0.0934 e. The van der Waals surface area contributed by atoms with E-state index in [2.05, 4.69) is 5.38 Å². The number of hydrogen-bond acceptors (Lipinski definition) is 3. The average molecular weight is 264 g/mol. The lowest BCUT2D eigenvalue weighted by molar-refractivity contribution is 0.144. The van der Waals surface area contributed by atoms with E-state index in [-0.39, 0.29) is 0 Å². The Labute approximate surface area is 114 Å². The molecular formula is C15H24N2S. The van der Waals surface area contributed by atoms with Gasteiger partial charge in [-0.15, -0.1) is 11.3 Å². The number of hydrogen-bond donors (Lipinski definition) is 1. The largest absolute Gasteiger partial charge is 0.330 e. The minimum atomic E-state index is 0.404. The van der Waals surface area contributed by atoms with Gasteiger partial charge < -0.3 is 5.73 Å². The zero-order valence-corrected chi connectivity index (χ0v) is 12.0. The summed E-state index contributed by atoms with van der Waals surface area (Å²) < 4.78 is 0. The van der Waals surface area contributed by atoms with Crippen LogP contribution in [0.1, 0.15) is 68.0 Å². The van der Waals surface area contributed by atoms with Crippen LogP contribution in [0, 0.1) is 5.41 Å². The molecule has 0 aliphatic heterocycles. The van der Waals surface area contributed by atoms with Gasteiger partial charge in [-0.05, 0) is 37.6 Å². The van der Waals surface area contributed by atoms with E-state index in [4.69, 9.17) is 10.7 Å². The third-order valence-electron chi connectivity index (χ3n) is 4.97. The summed E-state index contributed by atoms with van der Waals surface area (Å²) in [5.74, 6) is 0.749. The van der Waals surface area contributed by atoms with Gasteiger partial charge in [-0.3, -0.25) is 0 Å². The molecule has 3 heteroatoms. The van der Waals surface area contributed by atoms with E-state index in [1.54, 1.807) is 0 Å². The summed E-state index contributed by atoms with van der Waals surface area (Å²) in [7, 11) is 0. The van der Waals surface area contributed by atoms with Crippen molar-refractivity contribution < 1.29 is 0 Å². The first kappa shape index (κ1) is 12.6. The minimum Gasteiger partial charge on any atom is -0.330 e. The van der Waals surface area contributed by atoms with Crippen molar-refractivity contribution in [2.24, 2.45) is 11.1 Å². The van der Waals surface area contributed by atoms with E-state index in [0.29, 0.717) is 5.41 Å². The van der Waals surface area contributed by atoms with Gasteiger partial charge in [-0.25, -0.2) is 4.98 Å². The highest BCUT2D eigenvalue weighted by atomic mass is 32.1. The molecule has 1 aromatic rings. The number of rotatable bonds is 4. The fourth-order valence-electron chi connectivity index (χ4n) is 3.44. The first-order chi connectivity index (χ1) is 8.81. The zero-order valence-electron chi connectivity index (χ0n) is 11.2. The molecule has 2 nitrogen and oxygen atoms in total. The SMILES string of the molecule is NCC1(Cc2nc(C3CCCCC3)cs2)CCC1. The summed E-state index contributed by atoms with van der Waals surface area (Å²) >= 11 is 1.87. The molecule has 0 aromatic carbocycles. The second-order valence-electron chi connectivity index (χ2n) is 6.24. The maximum Gasteiger partial charge on any atom is 0.0934 e. The predicted molar refractivity (Wildman–Crippen MR) is 77.0 cm³/mol. The lowest BCUT2D eigenvalue weighted by atomic mass is 9.67. The molecule has 0 unspecified atom stereocenters. The quantitative estimate of drug-likeness (QED) is 0.896. The molecule has 2 aliphatic rings. The van der Waals surface area contributed by atoms with E-state index in [1.807, 2.05) is 11.3 Å². The summed E-state index contributed by atoms with van der Waals surface area (Å²) in [6, 6.07) is 0. The maximum atomic E-state index is 5.94. The average Bonchev–Trinajstić information content (AvgIpc) is 2.83. The van der Waals surface area contributed by atoms with Gasteiger partial charge in [-0.2, -0.15) is 0 Å². The van der Waals surface area contributed by atoms with Crippen molar-refractivity contribution >= 4 is 11.3 Å². The summed E-state index contributed by atoms with van der Waals surface area (Å²) in [5.41, 5.74) is 7.72. The molecule has 18 heavy (non-hydrogen) atoms. The van der Waals surface area contributed by atoms with Crippen molar-refractivity contribution in [1.29, 1.82) is 0 Å². The normalized spacial score (nSPS) is 23.8. The van der Waals surface area contributed by atoms with Gasteiger partial charge in [0, 0.05) is 17.7 Å². The summed E-state index contributed by atoms with van der Waals surface area (Å²) in [6.45, 7) is 0.839. The van der Waals surface area contributed by atoms with E-state index < -0.39 is 0 Å². The Kier molecular flexibility index (Phi) is 3.71. The highest BCUT2D eigenvalue weighted by molar-refractivity contribution is 7.09. The monoisotopic (exact) mass is 264 g/mol. The number of thiazole rings is 1. The van der Waals surface area contributed by atoms with Gasteiger partial charge in [0.1, 0.15) is 0 Å². The third kappa shape index (κ3) is 2.48. The standard InChI is InChI=1S/C15H24N2S/c16-11-15(7-4-8-15)9-14-17-13(10-18-14)12-5-2-1-3-6-12/h10,12H,1-9,11,16H2. The molecule has 1 aromatic heterocycles. The Hall–Kier alpha value is -0.410.